The van der Waals surface area contributed by atoms with E-state index in [1.54, 1.807) is 0 Å². The number of hydrogen-bond acceptors (Lipinski definition) is 2. The van der Waals surface area contributed by atoms with Crippen LogP contribution < -0.4 is 0 Å². The number of fused-ring (bicyclic) bond motifs is 3. The van der Waals surface area contributed by atoms with Gasteiger partial charge in [0.15, 0.2) is 0 Å². The number of pyridine rings is 1. The van der Waals surface area contributed by atoms with Gasteiger partial charge in [-0.25, -0.2) is 0 Å². The van der Waals surface area contributed by atoms with E-state index in [0.29, 0.717) is 11.8 Å². The molecular weight excluding hydrogens is 390 g/mol. The molecule has 2 heteroatoms. The van der Waals surface area contributed by atoms with Gasteiger partial charge in [-0.05, 0) is 77.8 Å². The second kappa shape index (κ2) is 7.94. The van der Waals surface area contributed by atoms with Crippen LogP contribution in [0.2, 0.25) is 0 Å². The summed E-state index contributed by atoms with van der Waals surface area (Å²) in [5.41, 5.74) is 10.0. The first-order chi connectivity index (χ1) is 15.4. The van der Waals surface area contributed by atoms with E-state index in [9.17, 15) is 0 Å². The number of benzene rings is 3. The fourth-order valence-electron chi connectivity index (χ4n) is 4.62. The number of rotatable bonds is 4. The second-order valence-electron chi connectivity index (χ2n) is 9.28. The van der Waals surface area contributed by atoms with E-state index in [0.717, 1.165) is 22.4 Å². The minimum Gasteiger partial charge on any atom is -0.455 e. The molecule has 3 aromatic carbocycles. The Morgan fingerprint density at radius 1 is 0.750 bits per heavy atom. The molecule has 0 saturated heterocycles. The smallest absolute Gasteiger partial charge is 0.145 e. The monoisotopic (exact) mass is 419 g/mol. The van der Waals surface area contributed by atoms with Crippen molar-refractivity contribution >= 4 is 21.9 Å². The van der Waals surface area contributed by atoms with E-state index in [-0.39, 0.29) is 0 Å². The Bertz CT molecular complexity index is 1430. The fraction of sp³-hybridized carbons (Fsp3) is 0.233. The minimum atomic E-state index is 0.476. The third-order valence-electron chi connectivity index (χ3n) is 6.82. The molecule has 5 rings (SSSR count). The first-order valence-electron chi connectivity index (χ1n) is 11.4. The van der Waals surface area contributed by atoms with Gasteiger partial charge >= 0.3 is 0 Å². The van der Waals surface area contributed by atoms with Crippen molar-refractivity contribution in [3.8, 4) is 22.4 Å². The zero-order chi connectivity index (χ0) is 22.4. The molecule has 5 aromatic rings. The van der Waals surface area contributed by atoms with Crippen molar-refractivity contribution in [2.24, 2.45) is 5.92 Å². The summed E-state index contributed by atoms with van der Waals surface area (Å²) in [5, 5.41) is 2.39. The molecule has 1 unspecified atom stereocenters. The molecule has 0 N–H and O–H groups in total. The number of aromatic nitrogens is 1. The second-order valence-corrected chi connectivity index (χ2v) is 9.28. The van der Waals surface area contributed by atoms with E-state index in [2.05, 4.69) is 95.3 Å². The molecule has 1 atom stereocenters. The van der Waals surface area contributed by atoms with Crippen LogP contribution in [0.5, 0.6) is 0 Å². The summed E-state index contributed by atoms with van der Waals surface area (Å²) in [6, 6.07) is 23.6. The highest BCUT2D eigenvalue weighted by molar-refractivity contribution is 6.13. The Morgan fingerprint density at radius 3 is 2.28 bits per heavy atom. The quantitative estimate of drug-likeness (QED) is 0.291. The molecule has 32 heavy (non-hydrogen) atoms. The Hall–Kier alpha value is -3.39. The van der Waals surface area contributed by atoms with E-state index >= 15 is 0 Å². The molecule has 0 amide bonds. The molecule has 0 aliphatic heterocycles. The third kappa shape index (κ3) is 3.40. The molecule has 0 fully saturated rings. The lowest BCUT2D eigenvalue weighted by Crippen LogP contribution is -2.02. The molecule has 0 spiro atoms. The summed E-state index contributed by atoms with van der Waals surface area (Å²) < 4.78 is 6.57. The van der Waals surface area contributed by atoms with Crippen LogP contribution in [0.15, 0.2) is 77.3 Å². The van der Waals surface area contributed by atoms with Crippen LogP contribution >= 0.6 is 0 Å². The zero-order valence-corrected chi connectivity index (χ0v) is 19.4. The zero-order valence-electron chi connectivity index (χ0n) is 19.4. The number of nitrogens with zero attached hydrogens (tertiary/aromatic N) is 1. The fourth-order valence-corrected chi connectivity index (χ4v) is 4.62. The largest absolute Gasteiger partial charge is 0.455 e. The molecule has 0 aliphatic carbocycles. The molecule has 2 aromatic heterocycles. The highest BCUT2D eigenvalue weighted by Crippen LogP contribution is 2.41. The van der Waals surface area contributed by atoms with Gasteiger partial charge in [0.25, 0.3) is 0 Å². The van der Waals surface area contributed by atoms with Gasteiger partial charge in [-0.2, -0.15) is 0 Å². The average molecular weight is 420 g/mol. The maximum atomic E-state index is 6.57. The number of hydrogen-bond donors (Lipinski definition) is 0. The first kappa shape index (κ1) is 20.5. The standard InChI is InChI=1S/C30H29NO/c1-18(2)21(5)23-13-14-31-26(16-23)25-12-11-19(3)29-28-20(4)15-24(17-27(28)32-30(25)29)22-9-7-6-8-10-22/h6-18,21H,1-5H3. The minimum absolute atomic E-state index is 0.476. The van der Waals surface area contributed by atoms with Crippen LogP contribution in [0.1, 0.15) is 43.4 Å². The molecule has 2 heterocycles. The molecular formula is C30H29NO. The summed E-state index contributed by atoms with van der Waals surface area (Å²) in [4.78, 5) is 4.73. The Morgan fingerprint density at radius 2 is 1.53 bits per heavy atom. The van der Waals surface area contributed by atoms with Gasteiger partial charge in [0.2, 0.25) is 0 Å². The Balaban J connectivity index is 1.74. The van der Waals surface area contributed by atoms with E-state index < -0.39 is 0 Å². The summed E-state index contributed by atoms with van der Waals surface area (Å²) in [6.45, 7) is 11.2. The van der Waals surface area contributed by atoms with E-state index in [4.69, 9.17) is 9.40 Å². The van der Waals surface area contributed by atoms with E-state index in [1.165, 1.54) is 38.6 Å². The average Bonchev–Trinajstić information content (AvgIpc) is 3.20. The predicted octanol–water partition coefficient (Wildman–Crippen LogP) is 8.69. The molecule has 0 bridgehead atoms. The SMILES string of the molecule is Cc1cc(-c2ccccc2)cc2oc3c(-c4cc(C(C)C(C)C)ccn4)ccc(C)c3c12. The predicted molar refractivity (Wildman–Crippen MR) is 135 cm³/mol. The van der Waals surface area contributed by atoms with Gasteiger partial charge in [0.1, 0.15) is 11.2 Å². The molecule has 0 aliphatic rings. The summed E-state index contributed by atoms with van der Waals surface area (Å²) >= 11 is 0. The Labute approximate surface area is 189 Å². The molecule has 2 nitrogen and oxygen atoms in total. The Kier molecular flexibility index (Phi) is 5.09. The van der Waals surface area contributed by atoms with Crippen LogP contribution in [0.25, 0.3) is 44.3 Å². The van der Waals surface area contributed by atoms with Gasteiger partial charge in [0, 0.05) is 22.5 Å². The van der Waals surface area contributed by atoms with Gasteiger partial charge in [-0.15, -0.1) is 0 Å². The lowest BCUT2D eigenvalue weighted by Gasteiger charge is -2.16. The van der Waals surface area contributed by atoms with Crippen molar-refractivity contribution in [2.45, 2.75) is 40.5 Å². The highest BCUT2D eigenvalue weighted by Gasteiger charge is 2.19. The summed E-state index contributed by atoms with van der Waals surface area (Å²) in [6.07, 6.45) is 1.93. The van der Waals surface area contributed by atoms with Crippen LogP contribution in [-0.4, -0.2) is 4.98 Å². The van der Waals surface area contributed by atoms with Crippen molar-refractivity contribution in [1.29, 1.82) is 0 Å². The lowest BCUT2D eigenvalue weighted by atomic mass is 9.90. The van der Waals surface area contributed by atoms with Crippen molar-refractivity contribution in [2.75, 3.05) is 0 Å². The van der Waals surface area contributed by atoms with Gasteiger partial charge in [-0.1, -0.05) is 63.2 Å². The van der Waals surface area contributed by atoms with E-state index in [1.807, 2.05) is 12.3 Å². The van der Waals surface area contributed by atoms with Crippen molar-refractivity contribution in [1.82, 2.24) is 4.98 Å². The molecule has 160 valence electrons. The van der Waals surface area contributed by atoms with Gasteiger partial charge in [-0.3, -0.25) is 4.98 Å². The van der Waals surface area contributed by atoms with Crippen LogP contribution in [0.4, 0.5) is 0 Å². The van der Waals surface area contributed by atoms with Gasteiger partial charge < -0.3 is 4.42 Å². The molecule has 0 radical (unpaired) electrons. The summed E-state index contributed by atoms with van der Waals surface area (Å²) in [7, 11) is 0. The number of aryl methyl sites for hydroxylation is 2. The van der Waals surface area contributed by atoms with Crippen molar-refractivity contribution < 1.29 is 4.42 Å². The van der Waals surface area contributed by atoms with Crippen LogP contribution in [0, 0.1) is 19.8 Å². The van der Waals surface area contributed by atoms with Crippen molar-refractivity contribution in [3.63, 3.8) is 0 Å². The molecule has 0 saturated carbocycles. The maximum Gasteiger partial charge on any atom is 0.145 e. The van der Waals surface area contributed by atoms with Gasteiger partial charge in [0.05, 0.1) is 5.69 Å². The van der Waals surface area contributed by atoms with Crippen LogP contribution in [0.3, 0.4) is 0 Å². The first-order valence-corrected chi connectivity index (χ1v) is 11.4. The maximum absolute atomic E-state index is 6.57. The normalized spacial score (nSPS) is 12.7. The third-order valence-corrected chi connectivity index (χ3v) is 6.82. The van der Waals surface area contributed by atoms with Crippen molar-refractivity contribution in [3.05, 3.63) is 89.6 Å². The number of furan rings is 1. The topological polar surface area (TPSA) is 26.0 Å². The van der Waals surface area contributed by atoms with Crippen LogP contribution in [-0.2, 0) is 0 Å². The summed E-state index contributed by atoms with van der Waals surface area (Å²) in [5.74, 6) is 1.05. The highest BCUT2D eigenvalue weighted by atomic mass is 16.3. The lowest BCUT2D eigenvalue weighted by molar-refractivity contribution is 0.535.